The Labute approximate surface area is 236 Å². The zero-order chi connectivity index (χ0) is 28.1. The zero-order valence-corrected chi connectivity index (χ0v) is 23.3. The quantitative estimate of drug-likeness (QED) is 0.114. The molecule has 2 aliphatic rings. The number of ether oxygens (including phenoxy) is 1. The maximum atomic E-state index is 6.02. The molecular formula is C31H36BN7O+. The lowest BCUT2D eigenvalue weighted by atomic mass is 9.93. The molecule has 1 radical (unpaired) electrons. The second-order valence-corrected chi connectivity index (χ2v) is 9.93. The lowest BCUT2D eigenvalue weighted by molar-refractivity contribution is -0.315. The van der Waals surface area contributed by atoms with E-state index in [1.54, 1.807) is 6.21 Å². The molecule has 3 heterocycles. The van der Waals surface area contributed by atoms with Crippen molar-refractivity contribution in [1.82, 2.24) is 9.79 Å². The van der Waals surface area contributed by atoms with Crippen molar-refractivity contribution < 1.29 is 9.22 Å². The number of aromatic nitrogens is 1. The molecule has 3 aromatic rings. The van der Waals surface area contributed by atoms with E-state index < -0.39 is 0 Å². The molecule has 2 aliphatic heterocycles. The van der Waals surface area contributed by atoms with Gasteiger partial charge in [-0.25, -0.2) is 4.99 Å². The van der Waals surface area contributed by atoms with Crippen LogP contribution in [0.15, 0.2) is 88.6 Å². The molecule has 1 unspecified atom stereocenters. The predicted molar refractivity (Wildman–Crippen MR) is 165 cm³/mol. The molecule has 1 atom stereocenters. The van der Waals surface area contributed by atoms with E-state index in [-0.39, 0.29) is 5.92 Å². The molecule has 1 aromatic heterocycles. The number of anilines is 1. The third-order valence-corrected chi connectivity index (χ3v) is 7.19. The Bertz CT molecular complexity index is 1530. The van der Waals surface area contributed by atoms with Gasteiger partial charge < -0.3 is 20.8 Å². The number of rotatable bonds is 10. The number of hydrogen-bond acceptors (Lipinski definition) is 6. The Hall–Kier alpha value is -4.53. The van der Waals surface area contributed by atoms with E-state index in [0.717, 1.165) is 69.7 Å². The van der Waals surface area contributed by atoms with Gasteiger partial charge in [0.1, 0.15) is 23.8 Å². The van der Waals surface area contributed by atoms with Crippen LogP contribution in [0.5, 0.6) is 5.75 Å². The summed E-state index contributed by atoms with van der Waals surface area (Å²) in [5, 5.41) is 7.62. The van der Waals surface area contributed by atoms with Crippen LogP contribution in [-0.2, 0) is 6.54 Å². The highest BCUT2D eigenvalue weighted by atomic mass is 16.5. The van der Waals surface area contributed by atoms with Crippen LogP contribution in [0, 0.1) is 5.92 Å². The largest absolute Gasteiger partial charge is 0.553 e. The van der Waals surface area contributed by atoms with Gasteiger partial charge in [0.15, 0.2) is 0 Å². The van der Waals surface area contributed by atoms with E-state index >= 15 is 0 Å². The second kappa shape index (κ2) is 12.1. The molecule has 5 N–H and O–H groups in total. The van der Waals surface area contributed by atoms with E-state index in [1.807, 2.05) is 43.3 Å². The third-order valence-electron chi connectivity index (χ3n) is 7.19. The minimum absolute atomic E-state index is 0.238. The number of hydrogen-bond donors (Lipinski definition) is 3. The van der Waals surface area contributed by atoms with E-state index in [2.05, 4.69) is 77.2 Å². The third kappa shape index (κ3) is 5.45. The number of aliphatic imine (C=N–C) groups is 1. The molecule has 203 valence electrons. The summed E-state index contributed by atoms with van der Waals surface area (Å²) in [4.78, 5) is 4.82. The van der Waals surface area contributed by atoms with E-state index in [4.69, 9.17) is 21.3 Å². The highest BCUT2D eigenvalue weighted by molar-refractivity contribution is 6.33. The van der Waals surface area contributed by atoms with Crippen LogP contribution in [0.4, 0.5) is 11.5 Å². The Morgan fingerprint density at radius 3 is 2.65 bits per heavy atom. The summed E-state index contributed by atoms with van der Waals surface area (Å²) in [7, 11) is 2.07. The first kappa shape index (κ1) is 27.1. The first-order valence-corrected chi connectivity index (χ1v) is 13.8. The molecular weight excluding hydrogens is 497 g/mol. The summed E-state index contributed by atoms with van der Waals surface area (Å²) in [5.74, 6) is 8.60. The van der Waals surface area contributed by atoms with E-state index in [0.29, 0.717) is 13.2 Å². The van der Waals surface area contributed by atoms with Crippen LogP contribution < -0.4 is 21.6 Å². The molecule has 40 heavy (non-hydrogen) atoms. The Morgan fingerprint density at radius 1 is 1.10 bits per heavy atom. The van der Waals surface area contributed by atoms with Crippen molar-refractivity contribution in [2.75, 3.05) is 12.3 Å². The highest BCUT2D eigenvalue weighted by Gasteiger charge is 2.34. The van der Waals surface area contributed by atoms with Crippen LogP contribution in [0.25, 0.3) is 5.57 Å². The van der Waals surface area contributed by atoms with Gasteiger partial charge in [-0.15, -0.1) is 0 Å². The normalized spacial score (nSPS) is 15.3. The Morgan fingerprint density at radius 2 is 1.90 bits per heavy atom. The molecule has 2 aromatic carbocycles. The minimum Gasteiger partial charge on any atom is -0.493 e. The summed E-state index contributed by atoms with van der Waals surface area (Å²) in [6.45, 7) is 7.53. The van der Waals surface area contributed by atoms with Crippen molar-refractivity contribution in [3.05, 3.63) is 95.3 Å². The molecule has 0 fully saturated rings. The first-order chi connectivity index (χ1) is 19.5. The lowest BCUT2D eigenvalue weighted by Gasteiger charge is -2.21. The summed E-state index contributed by atoms with van der Waals surface area (Å²) >= 11 is 0. The van der Waals surface area contributed by atoms with Crippen molar-refractivity contribution in [2.45, 2.75) is 40.2 Å². The van der Waals surface area contributed by atoms with Crippen molar-refractivity contribution >= 4 is 42.4 Å². The van der Waals surface area contributed by atoms with Crippen LogP contribution >= 0.6 is 0 Å². The molecule has 0 saturated heterocycles. The fraction of sp³-hybridized carbons (Fsp3) is 0.258. The molecule has 9 heteroatoms. The standard InChI is InChI=1S/C31H36BN7O/c1-4-8-21(3)25(37-34)20-36-30-18-16-27-31(22-11-13-24(33)14-12-22)26-15-17-29(38(26)32-39(27)30)35-19-23-9-6-7-10-28(23)40-5-2/h6-7,9-18,20-21,35H,4-5,8,19,33-34H2,1-3H3/q+1. The van der Waals surface area contributed by atoms with Crippen LogP contribution in [0.2, 0.25) is 0 Å². The van der Waals surface area contributed by atoms with E-state index in [9.17, 15) is 0 Å². The van der Waals surface area contributed by atoms with Gasteiger partial charge in [0, 0.05) is 34.5 Å². The number of fused-ring (bicyclic) bond motifs is 2. The van der Waals surface area contributed by atoms with Crippen molar-refractivity contribution in [3.63, 3.8) is 0 Å². The smallest absolute Gasteiger partial charge is 0.493 e. The number of benzene rings is 2. The number of nitrogens with zero attached hydrogens (tertiary/aromatic N) is 4. The first-order valence-electron chi connectivity index (χ1n) is 13.8. The predicted octanol–water partition coefficient (Wildman–Crippen LogP) is 4.85. The monoisotopic (exact) mass is 533 g/mol. The summed E-state index contributed by atoms with van der Waals surface area (Å²) in [6, 6.07) is 20.2. The zero-order valence-electron chi connectivity index (χ0n) is 23.3. The van der Waals surface area contributed by atoms with Crippen molar-refractivity contribution in [3.8, 4) is 5.75 Å². The van der Waals surface area contributed by atoms with Crippen molar-refractivity contribution in [2.24, 2.45) is 21.9 Å². The SMILES string of the molecule is CCCC(C)C(C=Nc1ccc2n1[B][N+]1=C(NCc3ccccc3OCC)C=CC1=C2c1ccc(N)cc1)=NN. The van der Waals surface area contributed by atoms with Crippen LogP contribution in [-0.4, -0.2) is 40.9 Å². The van der Waals surface area contributed by atoms with Crippen LogP contribution in [0.3, 0.4) is 0 Å². The fourth-order valence-corrected chi connectivity index (χ4v) is 5.11. The molecule has 0 spiro atoms. The molecule has 0 saturated carbocycles. The van der Waals surface area contributed by atoms with Crippen LogP contribution in [0.1, 0.15) is 50.4 Å². The average molecular weight is 533 g/mol. The molecule has 5 rings (SSSR count). The molecule has 0 aliphatic carbocycles. The molecule has 0 bridgehead atoms. The number of nitrogens with two attached hydrogens (primary N) is 2. The van der Waals surface area contributed by atoms with Gasteiger partial charge in [0.05, 0.1) is 18.5 Å². The van der Waals surface area contributed by atoms with Gasteiger partial charge in [-0.1, -0.05) is 50.6 Å². The van der Waals surface area contributed by atoms with Crippen molar-refractivity contribution in [1.29, 1.82) is 0 Å². The van der Waals surface area contributed by atoms with Gasteiger partial charge in [0.25, 0.3) is 5.84 Å². The van der Waals surface area contributed by atoms with Gasteiger partial charge in [-0.05, 0) is 55.3 Å². The Kier molecular flexibility index (Phi) is 8.19. The molecule has 8 nitrogen and oxygen atoms in total. The van der Waals surface area contributed by atoms with Gasteiger partial charge in [0.2, 0.25) is 0 Å². The summed E-state index contributed by atoms with van der Waals surface area (Å²) in [5.41, 5.74) is 12.9. The van der Waals surface area contributed by atoms with E-state index in [1.165, 1.54) is 0 Å². The number of para-hydroxylation sites is 1. The topological polar surface area (TPSA) is 106 Å². The number of hydrazone groups is 1. The minimum atomic E-state index is 0.238. The average Bonchev–Trinajstić information content (AvgIpc) is 3.56. The molecule has 0 amide bonds. The fourth-order valence-electron chi connectivity index (χ4n) is 5.11. The second-order valence-electron chi connectivity index (χ2n) is 9.93. The Balaban J connectivity index is 1.53. The lowest BCUT2D eigenvalue weighted by Crippen LogP contribution is -2.36. The van der Waals surface area contributed by atoms with Gasteiger partial charge >= 0.3 is 7.55 Å². The van der Waals surface area contributed by atoms with Gasteiger partial charge in [-0.3, -0.25) is 9.80 Å². The number of allylic oxidation sites excluding steroid dienone is 1. The maximum Gasteiger partial charge on any atom is 0.553 e. The summed E-state index contributed by atoms with van der Waals surface area (Å²) < 4.78 is 10.1. The summed E-state index contributed by atoms with van der Waals surface area (Å²) in [6.07, 6.45) is 8.10. The number of amidine groups is 1. The number of nitrogens with one attached hydrogen (secondary N) is 1. The highest BCUT2D eigenvalue weighted by Crippen LogP contribution is 2.36. The number of nitrogen functional groups attached to an aromatic ring is 1. The maximum absolute atomic E-state index is 6.02. The van der Waals surface area contributed by atoms with Gasteiger partial charge in [-0.2, -0.15) is 5.10 Å².